The summed E-state index contributed by atoms with van der Waals surface area (Å²) in [7, 11) is 0. The van der Waals surface area contributed by atoms with Crippen molar-refractivity contribution in [3.8, 4) is 5.75 Å². The van der Waals surface area contributed by atoms with Gasteiger partial charge in [0.05, 0.1) is 17.2 Å². The molecule has 0 aliphatic carbocycles. The first kappa shape index (κ1) is 24.2. The van der Waals surface area contributed by atoms with Crippen molar-refractivity contribution in [1.29, 1.82) is 0 Å². The lowest BCUT2D eigenvalue weighted by molar-refractivity contribution is 0.223. The number of nitrogens with zero attached hydrogens (tertiary/aromatic N) is 3. The van der Waals surface area contributed by atoms with E-state index >= 15 is 0 Å². The maximum Gasteiger partial charge on any atom is 0.191 e. The van der Waals surface area contributed by atoms with Crippen molar-refractivity contribution in [3.63, 3.8) is 0 Å². The summed E-state index contributed by atoms with van der Waals surface area (Å²) >= 11 is 1.77. The van der Waals surface area contributed by atoms with Gasteiger partial charge in [-0.3, -0.25) is 0 Å². The van der Waals surface area contributed by atoms with Gasteiger partial charge in [-0.2, -0.15) is 0 Å². The molecule has 0 fully saturated rings. The summed E-state index contributed by atoms with van der Waals surface area (Å²) in [6, 6.07) is 8.23. The molecule has 0 saturated heterocycles. The van der Waals surface area contributed by atoms with Crippen LogP contribution in [0.4, 0.5) is 0 Å². The number of thiazole rings is 1. The van der Waals surface area contributed by atoms with E-state index in [1.165, 1.54) is 9.88 Å². The predicted molar refractivity (Wildman–Crippen MR) is 128 cm³/mol. The van der Waals surface area contributed by atoms with E-state index < -0.39 is 0 Å². The van der Waals surface area contributed by atoms with Crippen molar-refractivity contribution in [2.45, 2.75) is 47.6 Å². The van der Waals surface area contributed by atoms with Crippen LogP contribution in [-0.4, -0.2) is 55.2 Å². The van der Waals surface area contributed by atoms with Gasteiger partial charge in [0.2, 0.25) is 0 Å². The number of aliphatic imine (C=N–C) groups is 1. The van der Waals surface area contributed by atoms with Crippen molar-refractivity contribution in [2.75, 3.05) is 39.3 Å². The smallest absolute Gasteiger partial charge is 0.191 e. The Hall–Kier alpha value is -2.12. The molecule has 0 atom stereocenters. The third-order valence-corrected chi connectivity index (χ3v) is 6.09. The maximum atomic E-state index is 5.86. The normalized spacial score (nSPS) is 11.7. The Morgan fingerprint density at radius 2 is 1.83 bits per heavy atom. The number of nitrogens with one attached hydrogen (secondary N) is 2. The summed E-state index contributed by atoms with van der Waals surface area (Å²) in [5.74, 6) is 1.75. The molecule has 0 aliphatic heterocycles. The van der Waals surface area contributed by atoms with Crippen LogP contribution < -0.4 is 15.4 Å². The molecular formula is C23H37N5OS. The SMILES string of the molecule is CCNC(=NCc1ccc(OCCN(CC)CC)cc1)NCCc1nc(C)c(C)s1. The van der Waals surface area contributed by atoms with Crippen LogP contribution in [-0.2, 0) is 13.0 Å². The number of hydrogen-bond donors (Lipinski definition) is 2. The molecule has 166 valence electrons. The van der Waals surface area contributed by atoms with E-state index in [4.69, 9.17) is 9.73 Å². The van der Waals surface area contributed by atoms with E-state index in [9.17, 15) is 0 Å². The van der Waals surface area contributed by atoms with Crippen molar-refractivity contribution in [2.24, 2.45) is 4.99 Å². The highest BCUT2D eigenvalue weighted by molar-refractivity contribution is 7.11. The minimum Gasteiger partial charge on any atom is -0.492 e. The molecule has 0 unspecified atom stereocenters. The van der Waals surface area contributed by atoms with Gasteiger partial charge in [-0.1, -0.05) is 26.0 Å². The van der Waals surface area contributed by atoms with Gasteiger partial charge in [-0.15, -0.1) is 11.3 Å². The average Bonchev–Trinajstić information content (AvgIpc) is 3.07. The fourth-order valence-corrected chi connectivity index (χ4v) is 3.90. The highest BCUT2D eigenvalue weighted by Crippen LogP contribution is 2.16. The van der Waals surface area contributed by atoms with Crippen LogP contribution in [0.3, 0.4) is 0 Å². The zero-order valence-electron chi connectivity index (χ0n) is 19.1. The monoisotopic (exact) mass is 431 g/mol. The standard InChI is InChI=1S/C23H37N5OS/c1-6-24-23(25-14-13-22-27-18(4)19(5)30-22)26-17-20-9-11-21(12-10-20)29-16-15-28(7-2)8-3/h9-12H,6-8,13-17H2,1-5H3,(H2,24,25,26). The number of benzene rings is 1. The van der Waals surface area contributed by atoms with Gasteiger partial charge in [0, 0.05) is 30.9 Å². The number of guanidine groups is 1. The number of ether oxygens (including phenoxy) is 1. The fraction of sp³-hybridized carbons (Fsp3) is 0.565. The molecule has 2 rings (SSSR count). The molecule has 6 nitrogen and oxygen atoms in total. The second kappa shape index (κ2) is 13.2. The largest absolute Gasteiger partial charge is 0.492 e. The Labute approximate surface area is 185 Å². The van der Waals surface area contributed by atoms with Gasteiger partial charge in [-0.05, 0) is 51.6 Å². The van der Waals surface area contributed by atoms with Crippen LogP contribution >= 0.6 is 11.3 Å². The molecule has 30 heavy (non-hydrogen) atoms. The van der Waals surface area contributed by atoms with Crippen LogP contribution in [0.15, 0.2) is 29.3 Å². The molecular weight excluding hydrogens is 394 g/mol. The average molecular weight is 432 g/mol. The molecule has 1 aromatic heterocycles. The Morgan fingerprint density at radius 3 is 2.43 bits per heavy atom. The number of aryl methyl sites for hydroxylation is 2. The zero-order chi connectivity index (χ0) is 21.8. The molecule has 0 aliphatic rings. The van der Waals surface area contributed by atoms with Crippen molar-refractivity contribution < 1.29 is 4.74 Å². The molecule has 1 heterocycles. The molecule has 7 heteroatoms. The number of rotatable bonds is 12. The van der Waals surface area contributed by atoms with Gasteiger partial charge in [-0.25, -0.2) is 9.98 Å². The number of hydrogen-bond acceptors (Lipinski definition) is 5. The molecule has 0 spiro atoms. The second-order valence-electron chi connectivity index (χ2n) is 7.14. The van der Waals surface area contributed by atoms with Gasteiger partial charge in [0.1, 0.15) is 12.4 Å². The van der Waals surface area contributed by atoms with Gasteiger partial charge in [0.15, 0.2) is 5.96 Å². The molecule has 2 aromatic rings. The Bertz CT molecular complexity index is 749. The van der Waals surface area contributed by atoms with Crippen LogP contribution in [0.1, 0.15) is 41.9 Å². The third-order valence-electron chi connectivity index (χ3n) is 4.96. The lowest BCUT2D eigenvalue weighted by Gasteiger charge is -2.18. The summed E-state index contributed by atoms with van der Waals surface area (Å²) in [4.78, 5) is 13.0. The van der Waals surface area contributed by atoms with E-state index in [1.54, 1.807) is 11.3 Å². The van der Waals surface area contributed by atoms with Crippen LogP contribution in [0, 0.1) is 13.8 Å². The van der Waals surface area contributed by atoms with Gasteiger partial charge in [0.25, 0.3) is 0 Å². The fourth-order valence-electron chi connectivity index (χ4n) is 2.97. The second-order valence-corrected chi connectivity index (χ2v) is 8.43. The minimum absolute atomic E-state index is 0.629. The molecule has 0 radical (unpaired) electrons. The number of aromatic nitrogens is 1. The minimum atomic E-state index is 0.629. The summed E-state index contributed by atoms with van der Waals surface area (Å²) < 4.78 is 5.86. The first-order valence-electron chi connectivity index (χ1n) is 10.9. The lowest BCUT2D eigenvalue weighted by Crippen LogP contribution is -2.38. The first-order valence-corrected chi connectivity index (χ1v) is 11.8. The van der Waals surface area contributed by atoms with E-state index in [0.29, 0.717) is 13.2 Å². The molecule has 2 N–H and O–H groups in total. The number of likely N-dealkylation sites (N-methyl/N-ethyl adjacent to an activating group) is 1. The highest BCUT2D eigenvalue weighted by atomic mass is 32.1. The molecule has 0 saturated carbocycles. The molecule has 0 bridgehead atoms. The van der Waals surface area contributed by atoms with Crippen molar-refractivity contribution in [3.05, 3.63) is 45.4 Å². The summed E-state index contributed by atoms with van der Waals surface area (Å²) in [6.07, 6.45) is 0.906. The topological polar surface area (TPSA) is 61.8 Å². The van der Waals surface area contributed by atoms with Crippen molar-refractivity contribution >= 4 is 17.3 Å². The van der Waals surface area contributed by atoms with E-state index in [-0.39, 0.29) is 0 Å². The Balaban J connectivity index is 1.80. The summed E-state index contributed by atoms with van der Waals surface area (Å²) in [5, 5.41) is 7.89. The Kier molecular flexibility index (Phi) is 10.7. The van der Waals surface area contributed by atoms with Gasteiger partial charge >= 0.3 is 0 Å². The predicted octanol–water partition coefficient (Wildman–Crippen LogP) is 3.78. The van der Waals surface area contributed by atoms with E-state index in [2.05, 4.69) is 67.3 Å². The van der Waals surface area contributed by atoms with E-state index in [1.807, 2.05) is 12.1 Å². The zero-order valence-corrected chi connectivity index (χ0v) is 19.9. The van der Waals surface area contributed by atoms with E-state index in [0.717, 1.165) is 62.1 Å². The maximum absolute atomic E-state index is 5.86. The quantitative estimate of drug-likeness (QED) is 0.396. The summed E-state index contributed by atoms with van der Waals surface area (Å²) in [5.41, 5.74) is 2.30. The van der Waals surface area contributed by atoms with Crippen LogP contribution in [0.5, 0.6) is 5.75 Å². The van der Waals surface area contributed by atoms with Crippen LogP contribution in [0.25, 0.3) is 0 Å². The van der Waals surface area contributed by atoms with Crippen LogP contribution in [0.2, 0.25) is 0 Å². The molecule has 1 aromatic carbocycles. The molecule has 0 amide bonds. The lowest BCUT2D eigenvalue weighted by atomic mass is 10.2. The highest BCUT2D eigenvalue weighted by Gasteiger charge is 2.04. The Morgan fingerprint density at radius 1 is 1.10 bits per heavy atom. The first-order chi connectivity index (χ1) is 14.5. The third kappa shape index (κ3) is 8.32. The van der Waals surface area contributed by atoms with Crippen molar-refractivity contribution in [1.82, 2.24) is 20.5 Å². The van der Waals surface area contributed by atoms with Gasteiger partial charge < -0.3 is 20.3 Å². The summed E-state index contributed by atoms with van der Waals surface area (Å²) in [6.45, 7) is 16.7.